The molecule has 0 saturated carbocycles. The summed E-state index contributed by atoms with van der Waals surface area (Å²) in [5.74, 6) is -0.981. The van der Waals surface area contributed by atoms with Gasteiger partial charge in [-0.15, -0.1) is 0 Å². The number of nitrogens with zero attached hydrogens (tertiary/aromatic N) is 1. The average molecular weight is 374 g/mol. The van der Waals surface area contributed by atoms with E-state index in [0.29, 0.717) is 18.7 Å². The Balaban J connectivity index is 1.85. The molecule has 1 saturated heterocycles. The van der Waals surface area contributed by atoms with Crippen LogP contribution in [0.5, 0.6) is 0 Å². The highest BCUT2D eigenvalue weighted by molar-refractivity contribution is 5.95. The van der Waals surface area contributed by atoms with Gasteiger partial charge < -0.3 is 15.0 Å². The lowest BCUT2D eigenvalue weighted by Crippen LogP contribution is -2.38. The van der Waals surface area contributed by atoms with Crippen molar-refractivity contribution >= 4 is 23.5 Å². The Kier molecular flexibility index (Phi) is 6.99. The molecular formula is C21H30N2O4. The van der Waals surface area contributed by atoms with E-state index in [1.807, 2.05) is 24.3 Å². The van der Waals surface area contributed by atoms with Crippen molar-refractivity contribution in [2.24, 2.45) is 0 Å². The molecule has 0 aromatic heterocycles. The number of amides is 2. The minimum atomic E-state index is -0.929. The number of anilines is 1. The Bertz CT molecular complexity index is 676. The van der Waals surface area contributed by atoms with Crippen LogP contribution in [0, 0.1) is 0 Å². The van der Waals surface area contributed by atoms with Crippen LogP contribution in [0.4, 0.5) is 5.69 Å². The number of nitrogens with one attached hydrogen (secondary N) is 1. The predicted octanol–water partition coefficient (Wildman–Crippen LogP) is 3.26. The van der Waals surface area contributed by atoms with Crippen LogP contribution in [-0.2, 0) is 24.5 Å². The number of rotatable bonds is 5. The minimum absolute atomic E-state index is 0.0273. The van der Waals surface area contributed by atoms with Gasteiger partial charge in [-0.05, 0) is 42.9 Å². The zero-order valence-corrected chi connectivity index (χ0v) is 16.7. The molecule has 1 fully saturated rings. The second-order valence-corrected chi connectivity index (χ2v) is 8.07. The van der Waals surface area contributed by atoms with Crippen molar-refractivity contribution in [1.29, 1.82) is 0 Å². The molecule has 1 aliphatic rings. The van der Waals surface area contributed by atoms with Crippen molar-refractivity contribution in [3.05, 3.63) is 29.8 Å². The summed E-state index contributed by atoms with van der Waals surface area (Å²) in [4.78, 5) is 37.8. The van der Waals surface area contributed by atoms with E-state index in [2.05, 4.69) is 26.1 Å². The molecule has 6 nitrogen and oxygen atoms in total. The lowest BCUT2D eigenvalue weighted by molar-refractivity contribution is -0.156. The van der Waals surface area contributed by atoms with E-state index in [-0.39, 0.29) is 17.9 Å². The van der Waals surface area contributed by atoms with Crippen LogP contribution in [0.3, 0.4) is 0 Å². The molecule has 2 rings (SSSR count). The SMILES string of the molecule is CC(OC(=O)CN1CCCCCC1=O)C(=O)Nc1ccc(C(C)(C)C)cc1. The maximum atomic E-state index is 12.3. The zero-order chi connectivity index (χ0) is 20.0. The first kappa shape index (κ1) is 20.9. The summed E-state index contributed by atoms with van der Waals surface area (Å²) in [5, 5.41) is 2.75. The third-order valence-electron chi connectivity index (χ3n) is 4.69. The summed E-state index contributed by atoms with van der Waals surface area (Å²) in [6.45, 7) is 8.36. The second-order valence-electron chi connectivity index (χ2n) is 8.07. The summed E-state index contributed by atoms with van der Waals surface area (Å²) in [6.07, 6.45) is 2.27. The predicted molar refractivity (Wildman–Crippen MR) is 104 cm³/mol. The van der Waals surface area contributed by atoms with Gasteiger partial charge in [-0.3, -0.25) is 14.4 Å². The van der Waals surface area contributed by atoms with Crippen LogP contribution < -0.4 is 5.32 Å². The highest BCUT2D eigenvalue weighted by Gasteiger charge is 2.23. The van der Waals surface area contributed by atoms with Gasteiger partial charge in [-0.1, -0.05) is 39.3 Å². The van der Waals surface area contributed by atoms with Gasteiger partial charge in [0, 0.05) is 18.7 Å². The van der Waals surface area contributed by atoms with Gasteiger partial charge in [0.2, 0.25) is 5.91 Å². The number of hydrogen-bond acceptors (Lipinski definition) is 4. The first-order chi connectivity index (χ1) is 12.7. The number of likely N-dealkylation sites (tertiary alicyclic amines) is 1. The number of esters is 1. The fraction of sp³-hybridized carbons (Fsp3) is 0.571. The van der Waals surface area contributed by atoms with E-state index in [4.69, 9.17) is 4.74 Å². The highest BCUT2D eigenvalue weighted by Crippen LogP contribution is 2.23. The lowest BCUT2D eigenvalue weighted by Gasteiger charge is -2.21. The molecule has 148 valence electrons. The number of ether oxygens (including phenoxy) is 1. The number of benzene rings is 1. The normalized spacial score (nSPS) is 16.4. The largest absolute Gasteiger partial charge is 0.451 e. The van der Waals surface area contributed by atoms with E-state index in [9.17, 15) is 14.4 Å². The minimum Gasteiger partial charge on any atom is -0.451 e. The van der Waals surface area contributed by atoms with Crippen LogP contribution in [0.15, 0.2) is 24.3 Å². The summed E-state index contributed by atoms with van der Waals surface area (Å²) in [5.41, 5.74) is 1.86. The third kappa shape index (κ3) is 6.38. The smallest absolute Gasteiger partial charge is 0.326 e. The number of carbonyl (C=O) groups is 3. The van der Waals surface area contributed by atoms with Crippen LogP contribution in [0.25, 0.3) is 0 Å². The molecule has 1 aromatic carbocycles. The molecular weight excluding hydrogens is 344 g/mol. The van der Waals surface area contributed by atoms with E-state index in [1.54, 1.807) is 0 Å². The van der Waals surface area contributed by atoms with Crippen molar-refractivity contribution in [2.45, 2.75) is 64.9 Å². The van der Waals surface area contributed by atoms with Crippen LogP contribution in [0.1, 0.15) is 58.9 Å². The van der Waals surface area contributed by atoms with Gasteiger partial charge in [0.05, 0.1) is 0 Å². The van der Waals surface area contributed by atoms with Crippen LogP contribution in [-0.4, -0.2) is 41.9 Å². The molecule has 1 aliphatic heterocycles. The van der Waals surface area contributed by atoms with Crippen LogP contribution >= 0.6 is 0 Å². The molecule has 6 heteroatoms. The van der Waals surface area contributed by atoms with Crippen molar-refractivity contribution in [3.8, 4) is 0 Å². The van der Waals surface area contributed by atoms with Gasteiger partial charge in [0.15, 0.2) is 6.10 Å². The van der Waals surface area contributed by atoms with E-state index < -0.39 is 18.0 Å². The van der Waals surface area contributed by atoms with Gasteiger partial charge >= 0.3 is 5.97 Å². The molecule has 1 unspecified atom stereocenters. The second kappa shape index (κ2) is 9.02. The Hall–Kier alpha value is -2.37. The molecule has 27 heavy (non-hydrogen) atoms. The van der Waals surface area contributed by atoms with E-state index >= 15 is 0 Å². The van der Waals surface area contributed by atoms with Crippen molar-refractivity contribution in [2.75, 3.05) is 18.4 Å². The van der Waals surface area contributed by atoms with E-state index in [1.165, 1.54) is 17.4 Å². The molecule has 0 aliphatic carbocycles. The molecule has 0 radical (unpaired) electrons. The Labute approximate surface area is 161 Å². The standard InChI is InChI=1S/C21H30N2O4/c1-15(27-19(25)14-23-13-7-5-6-8-18(23)24)20(26)22-17-11-9-16(10-12-17)21(2,3)4/h9-12,15H,5-8,13-14H2,1-4H3,(H,22,26). The summed E-state index contributed by atoms with van der Waals surface area (Å²) < 4.78 is 5.21. The fourth-order valence-corrected chi connectivity index (χ4v) is 2.95. The quantitative estimate of drug-likeness (QED) is 0.803. The molecule has 1 atom stereocenters. The topological polar surface area (TPSA) is 75.7 Å². The average Bonchev–Trinajstić information content (AvgIpc) is 2.79. The summed E-state index contributed by atoms with van der Waals surface area (Å²) >= 11 is 0. The lowest BCUT2D eigenvalue weighted by atomic mass is 9.87. The monoisotopic (exact) mass is 374 g/mol. The van der Waals surface area contributed by atoms with Crippen molar-refractivity contribution < 1.29 is 19.1 Å². The summed E-state index contributed by atoms with van der Waals surface area (Å²) in [7, 11) is 0. The fourth-order valence-electron chi connectivity index (χ4n) is 2.95. The molecule has 1 aromatic rings. The first-order valence-corrected chi connectivity index (χ1v) is 9.55. The maximum Gasteiger partial charge on any atom is 0.326 e. The van der Waals surface area contributed by atoms with Crippen LogP contribution in [0.2, 0.25) is 0 Å². The van der Waals surface area contributed by atoms with Gasteiger partial charge in [-0.25, -0.2) is 0 Å². The Morgan fingerprint density at radius 2 is 1.81 bits per heavy atom. The van der Waals surface area contributed by atoms with Gasteiger partial charge in [0.1, 0.15) is 6.54 Å². The van der Waals surface area contributed by atoms with Crippen molar-refractivity contribution in [1.82, 2.24) is 4.90 Å². The molecule has 1 heterocycles. The number of carbonyl (C=O) groups excluding carboxylic acids is 3. The Morgan fingerprint density at radius 3 is 2.44 bits per heavy atom. The molecule has 2 amide bonds. The molecule has 0 bridgehead atoms. The van der Waals surface area contributed by atoms with E-state index in [0.717, 1.165) is 19.3 Å². The third-order valence-corrected chi connectivity index (χ3v) is 4.69. The summed E-state index contributed by atoms with van der Waals surface area (Å²) in [6, 6.07) is 7.61. The Morgan fingerprint density at radius 1 is 1.15 bits per heavy atom. The van der Waals surface area contributed by atoms with Gasteiger partial charge in [0.25, 0.3) is 5.91 Å². The highest BCUT2D eigenvalue weighted by atomic mass is 16.5. The molecule has 1 N–H and O–H groups in total. The van der Waals surface area contributed by atoms with Gasteiger partial charge in [-0.2, -0.15) is 0 Å². The maximum absolute atomic E-state index is 12.3. The molecule has 0 spiro atoms. The first-order valence-electron chi connectivity index (χ1n) is 9.55. The zero-order valence-electron chi connectivity index (χ0n) is 16.7. The number of hydrogen-bond donors (Lipinski definition) is 1. The van der Waals surface area contributed by atoms with Crippen molar-refractivity contribution in [3.63, 3.8) is 0 Å².